The van der Waals surface area contributed by atoms with Crippen LogP contribution in [0.2, 0.25) is 0 Å². The fourth-order valence-electron chi connectivity index (χ4n) is 5.35. The molecule has 4 atom stereocenters. The Balaban J connectivity index is 1.47. The molecule has 0 bridgehead atoms. The molecular weight excluding hydrogens is 342 g/mol. The number of hydrogen-bond donors (Lipinski definition) is 0. The highest BCUT2D eigenvalue weighted by molar-refractivity contribution is 5.92. The van der Waals surface area contributed by atoms with Gasteiger partial charge in [0, 0.05) is 31.5 Å². The third kappa shape index (κ3) is 3.08. The van der Waals surface area contributed by atoms with Crippen molar-refractivity contribution in [3.63, 3.8) is 0 Å². The molecule has 5 rings (SSSR count). The molecule has 2 unspecified atom stereocenters. The van der Waals surface area contributed by atoms with Crippen LogP contribution in [0.4, 0.5) is 0 Å². The normalized spacial score (nSPS) is 27.1. The zero-order valence-electron chi connectivity index (χ0n) is 15.9. The predicted molar refractivity (Wildman–Crippen MR) is 112 cm³/mol. The van der Waals surface area contributed by atoms with E-state index in [0.717, 1.165) is 19.6 Å². The number of likely N-dealkylation sites (tertiary alicyclic amines) is 1. The van der Waals surface area contributed by atoms with E-state index in [1.807, 2.05) is 6.07 Å². The van der Waals surface area contributed by atoms with Gasteiger partial charge in [0.15, 0.2) is 0 Å². The van der Waals surface area contributed by atoms with Gasteiger partial charge >= 0.3 is 0 Å². The van der Waals surface area contributed by atoms with Crippen molar-refractivity contribution in [3.8, 4) is 0 Å². The lowest BCUT2D eigenvalue weighted by atomic mass is 9.79. The minimum Gasteiger partial charge on any atom is -0.299 e. The number of hydrogen-bond acceptors (Lipinski definition) is 2. The number of rotatable bonds is 4. The van der Waals surface area contributed by atoms with Crippen molar-refractivity contribution in [2.75, 3.05) is 13.1 Å². The van der Waals surface area contributed by atoms with E-state index in [0.29, 0.717) is 11.7 Å². The summed E-state index contributed by atoms with van der Waals surface area (Å²) in [6, 6.07) is 31.7. The summed E-state index contributed by atoms with van der Waals surface area (Å²) in [5.41, 5.74) is 3.80. The van der Waals surface area contributed by atoms with Crippen molar-refractivity contribution in [2.24, 2.45) is 11.8 Å². The summed E-state index contributed by atoms with van der Waals surface area (Å²) in [6.07, 6.45) is 0. The molecule has 2 heteroatoms. The minimum absolute atomic E-state index is 0.0162. The summed E-state index contributed by atoms with van der Waals surface area (Å²) in [7, 11) is 0. The Morgan fingerprint density at radius 3 is 1.93 bits per heavy atom. The third-order valence-corrected chi connectivity index (χ3v) is 6.53. The van der Waals surface area contributed by atoms with Gasteiger partial charge in [-0.3, -0.25) is 9.69 Å². The largest absolute Gasteiger partial charge is 0.299 e. The molecule has 1 saturated heterocycles. The molecular formula is C26H25NO. The predicted octanol–water partition coefficient (Wildman–Crippen LogP) is 4.88. The van der Waals surface area contributed by atoms with Crippen molar-refractivity contribution in [1.82, 2.24) is 4.90 Å². The molecule has 2 aliphatic rings. The highest BCUT2D eigenvalue weighted by Gasteiger charge is 2.54. The average Bonchev–Trinajstić information content (AvgIpc) is 3.27. The molecule has 28 heavy (non-hydrogen) atoms. The number of nitrogens with zero attached hydrogens (tertiary/aromatic N) is 1. The van der Waals surface area contributed by atoms with E-state index in [2.05, 4.69) is 89.8 Å². The molecule has 0 amide bonds. The van der Waals surface area contributed by atoms with Crippen molar-refractivity contribution in [1.29, 1.82) is 0 Å². The van der Waals surface area contributed by atoms with Crippen molar-refractivity contribution < 1.29 is 4.79 Å². The van der Waals surface area contributed by atoms with Gasteiger partial charge in [-0.1, -0.05) is 91.0 Å². The SMILES string of the molecule is O=C1C2CN(Cc3ccccc3)CC2[C@@H](c2ccccc2)[C@@H]1c1ccccc1. The van der Waals surface area contributed by atoms with Crippen LogP contribution in [0.25, 0.3) is 0 Å². The Bertz CT molecular complexity index is 938. The zero-order valence-corrected chi connectivity index (χ0v) is 15.9. The van der Waals surface area contributed by atoms with Crippen LogP contribution in [0.5, 0.6) is 0 Å². The number of fused-ring (bicyclic) bond motifs is 1. The minimum atomic E-state index is -0.0162. The maximum atomic E-state index is 13.5. The molecule has 2 nitrogen and oxygen atoms in total. The van der Waals surface area contributed by atoms with Gasteiger partial charge < -0.3 is 0 Å². The molecule has 0 aromatic heterocycles. The Kier molecular flexibility index (Phi) is 4.58. The topological polar surface area (TPSA) is 20.3 Å². The molecule has 0 N–H and O–H groups in total. The summed E-state index contributed by atoms with van der Waals surface area (Å²) in [5.74, 6) is 1.21. The van der Waals surface area contributed by atoms with Crippen LogP contribution in [-0.2, 0) is 11.3 Å². The van der Waals surface area contributed by atoms with Crippen molar-refractivity contribution in [2.45, 2.75) is 18.4 Å². The lowest BCUT2D eigenvalue weighted by Crippen LogP contribution is -2.26. The maximum absolute atomic E-state index is 13.5. The van der Waals surface area contributed by atoms with E-state index < -0.39 is 0 Å². The van der Waals surface area contributed by atoms with Crippen LogP contribution < -0.4 is 0 Å². The fraction of sp³-hybridized carbons (Fsp3) is 0.269. The molecule has 2 fully saturated rings. The summed E-state index contributed by atoms with van der Waals surface area (Å²) in [5, 5.41) is 0. The van der Waals surface area contributed by atoms with Crippen molar-refractivity contribution >= 4 is 5.78 Å². The molecule has 1 saturated carbocycles. The fourth-order valence-corrected chi connectivity index (χ4v) is 5.35. The second-order valence-corrected chi connectivity index (χ2v) is 8.18. The van der Waals surface area contributed by atoms with Crippen LogP contribution in [0.15, 0.2) is 91.0 Å². The van der Waals surface area contributed by atoms with Gasteiger partial charge in [-0.2, -0.15) is 0 Å². The summed E-state index contributed by atoms with van der Waals surface area (Å²) < 4.78 is 0. The Morgan fingerprint density at radius 1 is 0.714 bits per heavy atom. The number of carbonyl (C=O) groups is 1. The maximum Gasteiger partial charge on any atom is 0.145 e. The van der Waals surface area contributed by atoms with E-state index >= 15 is 0 Å². The number of carbonyl (C=O) groups excluding carboxylic acids is 1. The highest BCUT2D eigenvalue weighted by Crippen LogP contribution is 2.53. The van der Waals surface area contributed by atoms with Gasteiger partial charge in [-0.05, 0) is 22.6 Å². The number of Topliss-reactive ketones (excluding diaryl/α,β-unsaturated/α-hetero) is 1. The van der Waals surface area contributed by atoms with Crippen LogP contribution in [0.3, 0.4) is 0 Å². The molecule has 1 heterocycles. The first-order valence-electron chi connectivity index (χ1n) is 10.2. The Morgan fingerprint density at radius 2 is 1.29 bits per heavy atom. The molecule has 0 spiro atoms. The molecule has 3 aromatic rings. The van der Waals surface area contributed by atoms with E-state index in [4.69, 9.17) is 0 Å². The Hall–Kier alpha value is -2.71. The van der Waals surface area contributed by atoms with E-state index in [1.54, 1.807) is 0 Å². The first-order chi connectivity index (χ1) is 13.8. The lowest BCUT2D eigenvalue weighted by molar-refractivity contribution is -0.122. The van der Waals surface area contributed by atoms with E-state index in [9.17, 15) is 4.79 Å². The second kappa shape index (κ2) is 7.37. The van der Waals surface area contributed by atoms with Crippen LogP contribution >= 0.6 is 0 Å². The van der Waals surface area contributed by atoms with Crippen LogP contribution in [0.1, 0.15) is 28.5 Å². The Labute approximate surface area is 166 Å². The molecule has 0 radical (unpaired) electrons. The number of benzene rings is 3. The monoisotopic (exact) mass is 367 g/mol. The van der Waals surface area contributed by atoms with Gasteiger partial charge in [0.1, 0.15) is 5.78 Å². The molecule has 140 valence electrons. The molecule has 3 aromatic carbocycles. The first kappa shape index (κ1) is 17.4. The zero-order chi connectivity index (χ0) is 18.9. The van der Waals surface area contributed by atoms with Gasteiger partial charge in [0.2, 0.25) is 0 Å². The molecule has 1 aliphatic heterocycles. The van der Waals surface area contributed by atoms with Crippen LogP contribution in [-0.4, -0.2) is 23.8 Å². The van der Waals surface area contributed by atoms with Gasteiger partial charge in [0.25, 0.3) is 0 Å². The van der Waals surface area contributed by atoms with E-state index in [-0.39, 0.29) is 17.8 Å². The highest BCUT2D eigenvalue weighted by atomic mass is 16.1. The van der Waals surface area contributed by atoms with Gasteiger partial charge in [-0.25, -0.2) is 0 Å². The van der Waals surface area contributed by atoms with E-state index in [1.165, 1.54) is 16.7 Å². The standard InChI is InChI=1S/C26H25NO/c28-26-23-18-27(16-19-10-4-1-5-11-19)17-22(23)24(20-12-6-2-7-13-20)25(26)21-14-8-3-9-15-21/h1-15,22-25H,16-18H2/t22?,23?,24-,25+/m1/s1. The smallest absolute Gasteiger partial charge is 0.145 e. The first-order valence-corrected chi connectivity index (χ1v) is 10.2. The summed E-state index contributed by atoms with van der Waals surface area (Å²) in [6.45, 7) is 2.80. The third-order valence-electron chi connectivity index (χ3n) is 6.53. The summed E-state index contributed by atoms with van der Waals surface area (Å²) in [4.78, 5) is 16.0. The second-order valence-electron chi connectivity index (χ2n) is 8.18. The van der Waals surface area contributed by atoms with Gasteiger partial charge in [0.05, 0.1) is 5.92 Å². The van der Waals surface area contributed by atoms with Gasteiger partial charge in [-0.15, -0.1) is 0 Å². The quantitative estimate of drug-likeness (QED) is 0.655. The van der Waals surface area contributed by atoms with Crippen molar-refractivity contribution in [3.05, 3.63) is 108 Å². The number of ketones is 1. The average molecular weight is 367 g/mol. The van der Waals surface area contributed by atoms with Crippen LogP contribution in [0, 0.1) is 11.8 Å². The molecule has 1 aliphatic carbocycles. The summed E-state index contributed by atoms with van der Waals surface area (Å²) >= 11 is 0. The lowest BCUT2D eigenvalue weighted by Gasteiger charge is -2.26.